The molecule has 0 spiro atoms. The van der Waals surface area contributed by atoms with Crippen LogP contribution in [-0.2, 0) is 6.54 Å². The van der Waals surface area contributed by atoms with Crippen molar-refractivity contribution in [2.24, 2.45) is 0 Å². The van der Waals surface area contributed by atoms with Gasteiger partial charge in [0.15, 0.2) is 0 Å². The summed E-state index contributed by atoms with van der Waals surface area (Å²) in [5.41, 5.74) is 1.40. The van der Waals surface area contributed by atoms with Gasteiger partial charge in [-0.2, -0.15) is 0 Å². The number of likely N-dealkylation sites (N-methyl/N-ethyl adjacent to an activating group) is 1. The molecule has 5 heteroatoms. The van der Waals surface area contributed by atoms with Crippen LogP contribution in [0.15, 0.2) is 24.3 Å². The molecule has 1 N–H and O–H groups in total. The number of rotatable bonds is 6. The van der Waals surface area contributed by atoms with Gasteiger partial charge in [-0.15, -0.1) is 0 Å². The fraction of sp³-hybridized carbons (Fsp3) is 0.571. The van der Waals surface area contributed by atoms with Crippen LogP contribution in [0.25, 0.3) is 0 Å². The van der Waals surface area contributed by atoms with Crippen molar-refractivity contribution in [3.8, 4) is 0 Å². The molecule has 0 aliphatic heterocycles. The maximum atomic E-state index is 10.7. The monoisotopic (exact) mass is 263 g/mol. The van der Waals surface area contributed by atoms with Gasteiger partial charge in [0.1, 0.15) is 0 Å². The zero-order chi connectivity index (χ0) is 13.9. The molecule has 5 nitrogen and oxygen atoms in total. The maximum Gasteiger partial charge on any atom is 0.269 e. The van der Waals surface area contributed by atoms with E-state index < -0.39 is 0 Å². The second-order valence-corrected chi connectivity index (χ2v) is 5.50. The molecule has 0 aromatic heterocycles. The van der Waals surface area contributed by atoms with Crippen LogP contribution in [-0.4, -0.2) is 36.0 Å². The Bertz CT molecular complexity index is 456. The molecule has 1 aliphatic rings. The molecule has 1 aromatic rings. The number of non-ortho nitro benzene ring substituents is 1. The summed E-state index contributed by atoms with van der Waals surface area (Å²) in [4.78, 5) is 12.6. The predicted octanol–water partition coefficient (Wildman–Crippen LogP) is 2.17. The first-order valence-electron chi connectivity index (χ1n) is 6.65. The molecule has 0 atom stereocenters. The lowest BCUT2D eigenvalue weighted by Crippen LogP contribution is -2.56. The minimum absolute atomic E-state index is 0.158. The lowest BCUT2D eigenvalue weighted by atomic mass is 9.75. The van der Waals surface area contributed by atoms with Gasteiger partial charge in [0.2, 0.25) is 0 Å². The number of benzene rings is 1. The molecule has 0 unspecified atom stereocenters. The van der Waals surface area contributed by atoms with Gasteiger partial charge >= 0.3 is 0 Å². The third-order valence-electron chi connectivity index (χ3n) is 4.14. The Labute approximate surface area is 113 Å². The van der Waals surface area contributed by atoms with E-state index >= 15 is 0 Å². The average molecular weight is 263 g/mol. The number of nitrogens with zero attached hydrogens (tertiary/aromatic N) is 2. The number of hydrogen-bond acceptors (Lipinski definition) is 4. The van der Waals surface area contributed by atoms with E-state index in [0.717, 1.165) is 12.1 Å². The summed E-state index contributed by atoms with van der Waals surface area (Å²) in [5.74, 6) is 0. The summed E-state index contributed by atoms with van der Waals surface area (Å²) in [6.07, 6.45) is 3.74. The van der Waals surface area contributed by atoms with E-state index in [4.69, 9.17) is 0 Å². The molecule has 1 fully saturated rings. The van der Waals surface area contributed by atoms with Crippen molar-refractivity contribution < 1.29 is 4.92 Å². The Morgan fingerprint density at radius 1 is 1.42 bits per heavy atom. The van der Waals surface area contributed by atoms with E-state index in [2.05, 4.69) is 24.3 Å². The fourth-order valence-corrected chi connectivity index (χ4v) is 2.59. The Balaban J connectivity index is 1.89. The van der Waals surface area contributed by atoms with Crippen molar-refractivity contribution in [2.45, 2.75) is 31.3 Å². The van der Waals surface area contributed by atoms with Crippen LogP contribution in [0, 0.1) is 10.1 Å². The average Bonchev–Trinajstić information content (AvgIpc) is 2.32. The molecule has 104 valence electrons. The SMILES string of the molecule is CN(C)C1(CNCc2cccc([N+](=O)[O-])c2)CCC1. The van der Waals surface area contributed by atoms with Gasteiger partial charge in [0.05, 0.1) is 4.92 Å². The first-order valence-corrected chi connectivity index (χ1v) is 6.65. The summed E-state index contributed by atoms with van der Waals surface area (Å²) >= 11 is 0. The van der Waals surface area contributed by atoms with Crippen molar-refractivity contribution in [1.29, 1.82) is 0 Å². The molecule has 1 aliphatic carbocycles. The van der Waals surface area contributed by atoms with Gasteiger partial charge in [-0.05, 0) is 38.9 Å². The van der Waals surface area contributed by atoms with Gasteiger partial charge in [-0.25, -0.2) is 0 Å². The van der Waals surface area contributed by atoms with Gasteiger partial charge in [-0.3, -0.25) is 10.1 Å². The maximum absolute atomic E-state index is 10.7. The molecule has 0 heterocycles. The van der Waals surface area contributed by atoms with E-state index in [-0.39, 0.29) is 16.1 Å². The molecule has 19 heavy (non-hydrogen) atoms. The second-order valence-electron chi connectivity index (χ2n) is 5.50. The minimum atomic E-state index is -0.350. The van der Waals surface area contributed by atoms with Crippen LogP contribution in [0.2, 0.25) is 0 Å². The van der Waals surface area contributed by atoms with Crippen molar-refractivity contribution in [3.05, 3.63) is 39.9 Å². The normalized spacial score (nSPS) is 17.2. The summed E-state index contributed by atoms with van der Waals surface area (Å²) in [6.45, 7) is 1.61. The topological polar surface area (TPSA) is 58.4 Å². The largest absolute Gasteiger partial charge is 0.311 e. The Morgan fingerprint density at radius 2 is 2.16 bits per heavy atom. The van der Waals surface area contributed by atoms with E-state index in [1.807, 2.05) is 6.07 Å². The summed E-state index contributed by atoms with van der Waals surface area (Å²) in [7, 11) is 4.24. The molecular formula is C14H21N3O2. The number of nitrogens with one attached hydrogen (secondary N) is 1. The molecule has 1 aromatic carbocycles. The van der Waals surface area contributed by atoms with Crippen molar-refractivity contribution >= 4 is 5.69 Å². The van der Waals surface area contributed by atoms with Crippen LogP contribution in [0.3, 0.4) is 0 Å². The van der Waals surface area contributed by atoms with Crippen molar-refractivity contribution in [3.63, 3.8) is 0 Å². The molecule has 0 saturated heterocycles. The lowest BCUT2D eigenvalue weighted by Gasteiger charge is -2.47. The van der Waals surface area contributed by atoms with Gasteiger partial charge in [0.25, 0.3) is 5.69 Å². The quantitative estimate of drug-likeness (QED) is 0.631. The predicted molar refractivity (Wildman–Crippen MR) is 75.1 cm³/mol. The lowest BCUT2D eigenvalue weighted by molar-refractivity contribution is -0.384. The minimum Gasteiger partial charge on any atom is -0.311 e. The molecule has 2 rings (SSSR count). The summed E-state index contributed by atoms with van der Waals surface area (Å²) < 4.78 is 0. The Kier molecular flexibility index (Phi) is 4.17. The van der Waals surface area contributed by atoms with Crippen LogP contribution in [0.4, 0.5) is 5.69 Å². The second kappa shape index (κ2) is 5.67. The molecular weight excluding hydrogens is 242 g/mol. The smallest absolute Gasteiger partial charge is 0.269 e. The standard InChI is InChI=1S/C14H21N3O2/c1-16(2)14(7-4-8-14)11-15-10-12-5-3-6-13(9-12)17(18)19/h3,5-6,9,15H,4,7-8,10-11H2,1-2H3. The summed E-state index contributed by atoms with van der Waals surface area (Å²) in [5, 5.41) is 14.1. The zero-order valence-corrected chi connectivity index (χ0v) is 11.6. The highest BCUT2D eigenvalue weighted by Gasteiger charge is 2.38. The van der Waals surface area contributed by atoms with E-state index in [0.29, 0.717) is 6.54 Å². The Hall–Kier alpha value is -1.46. The first-order chi connectivity index (χ1) is 9.03. The third kappa shape index (κ3) is 3.11. The first kappa shape index (κ1) is 14.0. The van der Waals surface area contributed by atoms with Crippen molar-refractivity contribution in [1.82, 2.24) is 10.2 Å². The van der Waals surface area contributed by atoms with Gasteiger partial charge < -0.3 is 10.2 Å². The molecule has 0 amide bonds. The molecule has 0 bridgehead atoms. The fourth-order valence-electron chi connectivity index (χ4n) is 2.59. The zero-order valence-electron chi connectivity index (χ0n) is 11.6. The highest BCUT2D eigenvalue weighted by Crippen LogP contribution is 2.35. The Morgan fingerprint density at radius 3 is 2.68 bits per heavy atom. The van der Waals surface area contributed by atoms with Crippen LogP contribution in [0.1, 0.15) is 24.8 Å². The van der Waals surface area contributed by atoms with Gasteiger partial charge in [0, 0.05) is 30.8 Å². The molecule has 1 saturated carbocycles. The van der Waals surface area contributed by atoms with Crippen molar-refractivity contribution in [2.75, 3.05) is 20.6 Å². The van der Waals surface area contributed by atoms with E-state index in [1.54, 1.807) is 12.1 Å². The summed E-state index contributed by atoms with van der Waals surface area (Å²) in [6, 6.07) is 6.82. The number of hydrogen-bond donors (Lipinski definition) is 1. The third-order valence-corrected chi connectivity index (χ3v) is 4.14. The van der Waals surface area contributed by atoms with E-state index in [1.165, 1.54) is 25.3 Å². The molecule has 0 radical (unpaired) electrons. The van der Waals surface area contributed by atoms with Gasteiger partial charge in [-0.1, -0.05) is 12.1 Å². The highest BCUT2D eigenvalue weighted by molar-refractivity contribution is 5.34. The highest BCUT2D eigenvalue weighted by atomic mass is 16.6. The number of nitro groups is 1. The number of nitro benzene ring substituents is 1. The van der Waals surface area contributed by atoms with Crippen LogP contribution < -0.4 is 5.32 Å². The van der Waals surface area contributed by atoms with Crippen LogP contribution >= 0.6 is 0 Å². The van der Waals surface area contributed by atoms with E-state index in [9.17, 15) is 10.1 Å². The van der Waals surface area contributed by atoms with Crippen LogP contribution in [0.5, 0.6) is 0 Å².